The minimum Gasteiger partial charge on any atom is -0.508 e. The standard InChI is InChI=1S/C29H28O3/c1-29(2,25-11-5-8-14-28(25)32)22-17-15-20(16-18-22)24(23-10-4-7-13-27(23)31)19-21-9-3-6-12-26(21)30/h3-18,24,30-32H,19H2,1-2H3. The van der Waals surface area contributed by atoms with Crippen molar-refractivity contribution in [2.24, 2.45) is 0 Å². The van der Waals surface area contributed by atoms with E-state index in [1.807, 2.05) is 54.6 Å². The number of hydrogen-bond donors (Lipinski definition) is 3. The van der Waals surface area contributed by atoms with Gasteiger partial charge in [-0.1, -0.05) is 92.7 Å². The van der Waals surface area contributed by atoms with Crippen molar-refractivity contribution in [2.75, 3.05) is 0 Å². The van der Waals surface area contributed by atoms with Gasteiger partial charge in [0, 0.05) is 22.5 Å². The second-order valence-corrected chi connectivity index (χ2v) is 8.71. The molecule has 3 N–H and O–H groups in total. The number of benzene rings is 4. The summed E-state index contributed by atoms with van der Waals surface area (Å²) in [6.45, 7) is 4.19. The Balaban J connectivity index is 1.73. The average molecular weight is 425 g/mol. The Bertz CT molecular complexity index is 1210. The normalized spacial score (nSPS) is 12.4. The number of phenolic OH excluding ortho intramolecular Hbond substituents is 3. The quantitative estimate of drug-likeness (QED) is 0.331. The molecule has 0 saturated heterocycles. The lowest BCUT2D eigenvalue weighted by atomic mass is 9.76. The summed E-state index contributed by atoms with van der Waals surface area (Å²) >= 11 is 0. The van der Waals surface area contributed by atoms with Crippen LogP contribution in [0.4, 0.5) is 0 Å². The lowest BCUT2D eigenvalue weighted by molar-refractivity contribution is 0.453. The van der Waals surface area contributed by atoms with Crippen molar-refractivity contribution in [1.29, 1.82) is 0 Å². The van der Waals surface area contributed by atoms with Gasteiger partial charge in [-0.25, -0.2) is 0 Å². The summed E-state index contributed by atoms with van der Waals surface area (Å²) in [6, 6.07) is 30.4. The highest BCUT2D eigenvalue weighted by molar-refractivity contribution is 5.48. The topological polar surface area (TPSA) is 60.7 Å². The highest BCUT2D eigenvalue weighted by atomic mass is 16.3. The fraction of sp³-hybridized carbons (Fsp3) is 0.172. The highest BCUT2D eigenvalue weighted by Crippen LogP contribution is 2.39. The molecule has 3 heteroatoms. The summed E-state index contributed by atoms with van der Waals surface area (Å²) in [5, 5.41) is 31.3. The predicted molar refractivity (Wildman–Crippen MR) is 128 cm³/mol. The van der Waals surface area contributed by atoms with Crippen molar-refractivity contribution in [3.05, 3.63) is 125 Å². The molecule has 3 nitrogen and oxygen atoms in total. The molecule has 1 atom stereocenters. The van der Waals surface area contributed by atoms with Gasteiger partial charge < -0.3 is 15.3 Å². The van der Waals surface area contributed by atoms with Crippen LogP contribution in [0, 0.1) is 0 Å². The van der Waals surface area contributed by atoms with E-state index in [1.165, 1.54) is 0 Å². The zero-order valence-corrected chi connectivity index (χ0v) is 18.4. The molecular weight excluding hydrogens is 396 g/mol. The first-order valence-electron chi connectivity index (χ1n) is 10.8. The molecule has 0 fully saturated rings. The van der Waals surface area contributed by atoms with E-state index in [-0.39, 0.29) is 28.6 Å². The number of phenols is 3. The van der Waals surface area contributed by atoms with Gasteiger partial charge in [-0.3, -0.25) is 0 Å². The van der Waals surface area contributed by atoms with Crippen molar-refractivity contribution in [3.63, 3.8) is 0 Å². The summed E-state index contributed by atoms with van der Waals surface area (Å²) in [5.74, 6) is 0.664. The van der Waals surface area contributed by atoms with Gasteiger partial charge in [-0.2, -0.15) is 0 Å². The van der Waals surface area contributed by atoms with E-state index in [4.69, 9.17) is 0 Å². The smallest absolute Gasteiger partial charge is 0.119 e. The second-order valence-electron chi connectivity index (χ2n) is 8.71. The molecule has 4 aromatic rings. The molecule has 0 aliphatic rings. The molecule has 4 aromatic carbocycles. The third-order valence-corrected chi connectivity index (χ3v) is 6.34. The van der Waals surface area contributed by atoms with Gasteiger partial charge in [-0.15, -0.1) is 0 Å². The van der Waals surface area contributed by atoms with Crippen LogP contribution in [0.15, 0.2) is 97.1 Å². The minimum atomic E-state index is -0.369. The Morgan fingerprint density at radius 1 is 0.625 bits per heavy atom. The molecule has 0 aromatic heterocycles. The number of hydrogen-bond acceptors (Lipinski definition) is 3. The highest BCUT2D eigenvalue weighted by Gasteiger charge is 2.27. The van der Waals surface area contributed by atoms with Crippen LogP contribution in [0.1, 0.15) is 47.6 Å². The SMILES string of the molecule is CC(C)(c1ccc(C(Cc2ccccc2O)c2ccccc2O)cc1)c1ccccc1O. The van der Waals surface area contributed by atoms with Crippen LogP contribution in [0.3, 0.4) is 0 Å². The van der Waals surface area contributed by atoms with Gasteiger partial charge in [0.15, 0.2) is 0 Å². The molecule has 0 bridgehead atoms. The summed E-state index contributed by atoms with van der Waals surface area (Å²) in [7, 11) is 0. The van der Waals surface area contributed by atoms with Crippen LogP contribution in [-0.4, -0.2) is 15.3 Å². The Hall–Kier alpha value is -3.72. The predicted octanol–water partition coefficient (Wildman–Crippen LogP) is 6.50. The Morgan fingerprint density at radius 3 is 1.81 bits per heavy atom. The van der Waals surface area contributed by atoms with E-state index in [2.05, 4.69) is 38.1 Å². The summed E-state index contributed by atoms with van der Waals surface area (Å²) in [5.41, 5.74) is 4.29. The lowest BCUT2D eigenvalue weighted by Gasteiger charge is -2.28. The molecule has 4 rings (SSSR count). The van der Waals surface area contributed by atoms with Crippen molar-refractivity contribution < 1.29 is 15.3 Å². The van der Waals surface area contributed by atoms with Crippen molar-refractivity contribution in [1.82, 2.24) is 0 Å². The van der Waals surface area contributed by atoms with E-state index >= 15 is 0 Å². The molecule has 0 amide bonds. The summed E-state index contributed by atoms with van der Waals surface area (Å²) in [4.78, 5) is 0. The summed E-state index contributed by atoms with van der Waals surface area (Å²) < 4.78 is 0. The minimum absolute atomic E-state index is 0.119. The van der Waals surface area contributed by atoms with Crippen LogP contribution in [0.25, 0.3) is 0 Å². The first-order valence-corrected chi connectivity index (χ1v) is 10.8. The molecule has 0 aliphatic carbocycles. The second kappa shape index (κ2) is 8.80. The zero-order chi connectivity index (χ0) is 22.7. The van der Waals surface area contributed by atoms with Gasteiger partial charge in [0.2, 0.25) is 0 Å². The van der Waals surface area contributed by atoms with Gasteiger partial charge in [0.1, 0.15) is 17.2 Å². The fourth-order valence-electron chi connectivity index (χ4n) is 4.38. The van der Waals surface area contributed by atoms with E-state index in [0.29, 0.717) is 6.42 Å². The molecule has 0 heterocycles. The van der Waals surface area contributed by atoms with Crippen molar-refractivity contribution in [2.45, 2.75) is 31.6 Å². The molecule has 32 heavy (non-hydrogen) atoms. The molecule has 0 spiro atoms. The van der Waals surface area contributed by atoms with Gasteiger partial charge in [-0.05, 0) is 41.3 Å². The third-order valence-electron chi connectivity index (χ3n) is 6.34. The molecule has 162 valence electrons. The van der Waals surface area contributed by atoms with Gasteiger partial charge in [0.25, 0.3) is 0 Å². The zero-order valence-electron chi connectivity index (χ0n) is 18.4. The molecule has 0 aliphatic heterocycles. The van der Waals surface area contributed by atoms with Crippen LogP contribution in [0.5, 0.6) is 17.2 Å². The lowest BCUT2D eigenvalue weighted by Crippen LogP contribution is -2.19. The first-order chi connectivity index (χ1) is 15.4. The number of para-hydroxylation sites is 3. The van der Waals surface area contributed by atoms with Crippen LogP contribution >= 0.6 is 0 Å². The van der Waals surface area contributed by atoms with E-state index in [0.717, 1.165) is 27.8 Å². The van der Waals surface area contributed by atoms with Gasteiger partial charge in [0.05, 0.1) is 0 Å². The number of rotatable bonds is 6. The molecule has 1 unspecified atom stereocenters. The Labute approximate surface area is 189 Å². The molecular formula is C29H28O3. The maximum absolute atomic E-state index is 10.6. The fourth-order valence-corrected chi connectivity index (χ4v) is 4.38. The molecule has 0 saturated carbocycles. The van der Waals surface area contributed by atoms with Crippen LogP contribution < -0.4 is 0 Å². The van der Waals surface area contributed by atoms with Gasteiger partial charge >= 0.3 is 0 Å². The average Bonchev–Trinajstić information content (AvgIpc) is 2.79. The third kappa shape index (κ3) is 4.19. The van der Waals surface area contributed by atoms with Crippen molar-refractivity contribution >= 4 is 0 Å². The maximum atomic E-state index is 10.6. The number of aromatic hydroxyl groups is 3. The summed E-state index contributed by atoms with van der Waals surface area (Å²) in [6.07, 6.45) is 0.562. The van der Waals surface area contributed by atoms with Crippen molar-refractivity contribution in [3.8, 4) is 17.2 Å². The Morgan fingerprint density at radius 2 is 1.19 bits per heavy atom. The van der Waals surface area contributed by atoms with Crippen LogP contribution in [-0.2, 0) is 11.8 Å². The first kappa shape index (κ1) is 21.5. The maximum Gasteiger partial charge on any atom is 0.119 e. The monoisotopic (exact) mass is 424 g/mol. The van der Waals surface area contributed by atoms with E-state index in [9.17, 15) is 15.3 Å². The van der Waals surface area contributed by atoms with E-state index in [1.54, 1.807) is 18.2 Å². The Kier molecular flexibility index (Phi) is 5.91. The van der Waals surface area contributed by atoms with Crippen LogP contribution in [0.2, 0.25) is 0 Å². The molecule has 0 radical (unpaired) electrons. The largest absolute Gasteiger partial charge is 0.508 e. The van der Waals surface area contributed by atoms with E-state index < -0.39 is 0 Å².